The lowest BCUT2D eigenvalue weighted by Crippen LogP contribution is -2.25. The van der Waals surface area contributed by atoms with Gasteiger partial charge < -0.3 is 24.7 Å². The van der Waals surface area contributed by atoms with Crippen LogP contribution >= 0.6 is 11.6 Å². The molecule has 1 atom stereocenters. The molecule has 2 aliphatic rings. The van der Waals surface area contributed by atoms with Gasteiger partial charge in [-0.25, -0.2) is 9.78 Å². The fourth-order valence-electron chi connectivity index (χ4n) is 3.33. The smallest absolute Gasteiger partial charge is 0.338 e. The summed E-state index contributed by atoms with van der Waals surface area (Å²) in [6, 6.07) is 7.22. The van der Waals surface area contributed by atoms with Crippen molar-refractivity contribution in [2.24, 2.45) is 5.73 Å². The van der Waals surface area contributed by atoms with Crippen LogP contribution in [-0.4, -0.2) is 24.9 Å². The number of nitrogens with zero attached hydrogens (tertiary/aromatic N) is 2. The predicted molar refractivity (Wildman–Crippen MR) is 98.2 cm³/mol. The van der Waals surface area contributed by atoms with E-state index in [0.717, 1.165) is 0 Å². The molecule has 0 saturated heterocycles. The van der Waals surface area contributed by atoms with Crippen LogP contribution in [0.25, 0.3) is 10.9 Å². The summed E-state index contributed by atoms with van der Waals surface area (Å²) < 4.78 is 21.0. The first-order chi connectivity index (χ1) is 13.4. The van der Waals surface area contributed by atoms with Gasteiger partial charge in [0.15, 0.2) is 11.5 Å². The third kappa shape index (κ3) is 2.68. The second-order valence-electron chi connectivity index (χ2n) is 6.15. The fourth-order valence-corrected chi connectivity index (χ4v) is 3.58. The van der Waals surface area contributed by atoms with E-state index in [-0.39, 0.29) is 34.7 Å². The van der Waals surface area contributed by atoms with Gasteiger partial charge in [-0.05, 0) is 19.1 Å². The third-order valence-corrected chi connectivity index (χ3v) is 4.91. The minimum absolute atomic E-state index is 0.0507. The van der Waals surface area contributed by atoms with Gasteiger partial charge in [-0.1, -0.05) is 11.6 Å². The van der Waals surface area contributed by atoms with Crippen molar-refractivity contribution in [2.45, 2.75) is 12.8 Å². The van der Waals surface area contributed by atoms with Gasteiger partial charge in [-0.3, -0.25) is 0 Å². The van der Waals surface area contributed by atoms with E-state index in [2.05, 4.69) is 4.98 Å². The summed E-state index contributed by atoms with van der Waals surface area (Å²) in [6.07, 6.45) is 0. The van der Waals surface area contributed by atoms with Crippen molar-refractivity contribution >= 4 is 28.5 Å². The molecule has 1 aromatic heterocycles. The van der Waals surface area contributed by atoms with Crippen LogP contribution in [0.5, 0.6) is 11.5 Å². The number of hydrogen-bond acceptors (Lipinski definition) is 8. The highest BCUT2D eigenvalue weighted by Crippen LogP contribution is 2.44. The van der Waals surface area contributed by atoms with Crippen molar-refractivity contribution in [3.05, 3.63) is 51.7 Å². The van der Waals surface area contributed by atoms with Crippen molar-refractivity contribution < 1.29 is 23.7 Å². The maximum Gasteiger partial charge on any atom is 0.338 e. The Morgan fingerprint density at radius 3 is 2.75 bits per heavy atom. The van der Waals surface area contributed by atoms with Gasteiger partial charge in [0.1, 0.15) is 22.6 Å². The zero-order valence-electron chi connectivity index (χ0n) is 14.9. The second kappa shape index (κ2) is 6.62. The second-order valence-corrected chi connectivity index (χ2v) is 6.51. The predicted octanol–water partition coefficient (Wildman–Crippen LogP) is 2.87. The average molecular weight is 400 g/mol. The van der Waals surface area contributed by atoms with Crippen LogP contribution < -0.4 is 15.2 Å². The highest BCUT2D eigenvalue weighted by Gasteiger charge is 2.37. The van der Waals surface area contributed by atoms with Gasteiger partial charge in [-0.2, -0.15) is 5.26 Å². The molecule has 8 nitrogen and oxygen atoms in total. The van der Waals surface area contributed by atoms with E-state index >= 15 is 0 Å². The van der Waals surface area contributed by atoms with Crippen molar-refractivity contribution in [3.63, 3.8) is 0 Å². The molecule has 9 heteroatoms. The summed E-state index contributed by atoms with van der Waals surface area (Å²) >= 11 is 6.45. The van der Waals surface area contributed by atoms with Gasteiger partial charge in [0.05, 0.1) is 24.1 Å². The van der Waals surface area contributed by atoms with Crippen LogP contribution in [0.4, 0.5) is 0 Å². The summed E-state index contributed by atoms with van der Waals surface area (Å²) in [5, 5.41) is 10.5. The number of benzene rings is 1. The molecule has 0 aliphatic carbocycles. The zero-order valence-corrected chi connectivity index (χ0v) is 15.7. The van der Waals surface area contributed by atoms with E-state index in [1.807, 2.05) is 6.07 Å². The Hall–Kier alpha value is -3.44. The standard InChI is InChI=1S/C19H14ClN3O5/c1-8-15(19(24)25-2)16(11(6-21)18(22)28-8)10-3-9-4-13-14(27-7-26-13)5-12(9)23-17(10)20/h3-5,16H,7,22H2,1-2H3. The van der Waals surface area contributed by atoms with Crippen LogP contribution in [0.2, 0.25) is 5.15 Å². The number of methoxy groups -OCH3 is 1. The summed E-state index contributed by atoms with van der Waals surface area (Å²) in [7, 11) is 1.24. The largest absolute Gasteiger partial charge is 0.466 e. The number of aromatic nitrogens is 1. The fraction of sp³-hybridized carbons (Fsp3) is 0.211. The van der Waals surface area contributed by atoms with Crippen molar-refractivity contribution in [1.82, 2.24) is 4.98 Å². The van der Waals surface area contributed by atoms with Crippen molar-refractivity contribution in [2.75, 3.05) is 13.9 Å². The molecule has 2 N–H and O–H groups in total. The number of nitrogens with two attached hydrogens (primary N) is 1. The number of esters is 1. The maximum atomic E-state index is 12.4. The molecule has 0 amide bonds. The highest BCUT2D eigenvalue weighted by atomic mass is 35.5. The van der Waals surface area contributed by atoms with E-state index in [9.17, 15) is 10.1 Å². The maximum absolute atomic E-state index is 12.4. The van der Waals surface area contributed by atoms with E-state index in [1.165, 1.54) is 7.11 Å². The SMILES string of the molecule is COC(=O)C1=C(C)OC(N)=C(C#N)C1c1cc2cc3c(cc2nc1Cl)OCO3. The summed E-state index contributed by atoms with van der Waals surface area (Å²) in [5.41, 5.74) is 7.09. The molecule has 3 heterocycles. The lowest BCUT2D eigenvalue weighted by Gasteiger charge is -2.27. The molecule has 142 valence electrons. The molecule has 4 rings (SSSR count). The number of carbonyl (C=O) groups is 1. The van der Waals surface area contributed by atoms with E-state index in [1.54, 1.807) is 25.1 Å². The quantitative estimate of drug-likeness (QED) is 0.605. The zero-order chi connectivity index (χ0) is 20.0. The normalized spacial score (nSPS) is 18.1. The van der Waals surface area contributed by atoms with Crippen LogP contribution in [0.15, 0.2) is 41.0 Å². The molecule has 0 spiro atoms. The summed E-state index contributed by atoms with van der Waals surface area (Å²) in [5.74, 6) is -0.243. The van der Waals surface area contributed by atoms with Gasteiger partial charge in [0.25, 0.3) is 0 Å². The van der Waals surface area contributed by atoms with E-state index < -0.39 is 11.9 Å². The number of halogens is 1. The lowest BCUT2D eigenvalue weighted by molar-refractivity contribution is -0.136. The number of rotatable bonds is 2. The number of ether oxygens (including phenoxy) is 4. The molecule has 1 unspecified atom stereocenters. The first-order valence-electron chi connectivity index (χ1n) is 8.21. The molecule has 0 radical (unpaired) electrons. The molecular formula is C19H14ClN3O5. The highest BCUT2D eigenvalue weighted by molar-refractivity contribution is 6.30. The molecule has 2 aromatic rings. The Labute approximate surface area is 164 Å². The topological polar surface area (TPSA) is 117 Å². The molecule has 0 saturated carbocycles. The van der Waals surface area contributed by atoms with Crippen molar-refractivity contribution in [1.29, 1.82) is 5.26 Å². The molecule has 28 heavy (non-hydrogen) atoms. The summed E-state index contributed by atoms with van der Waals surface area (Å²) in [4.78, 5) is 16.8. The average Bonchev–Trinajstić information content (AvgIpc) is 3.12. The third-order valence-electron chi connectivity index (χ3n) is 4.61. The lowest BCUT2D eigenvalue weighted by atomic mass is 9.83. The van der Waals surface area contributed by atoms with E-state index in [4.69, 9.17) is 36.3 Å². The number of allylic oxidation sites excluding steroid dienone is 2. The van der Waals surface area contributed by atoms with Gasteiger partial charge in [0, 0.05) is 17.0 Å². The number of nitriles is 1. The number of hydrogen-bond donors (Lipinski definition) is 1. The van der Waals surface area contributed by atoms with Crippen LogP contribution in [0.3, 0.4) is 0 Å². The summed E-state index contributed by atoms with van der Waals surface area (Å²) in [6.45, 7) is 1.69. The Bertz CT molecular complexity index is 1130. The van der Waals surface area contributed by atoms with Crippen LogP contribution in [0, 0.1) is 11.3 Å². The first kappa shape index (κ1) is 17.9. The number of fused-ring (bicyclic) bond motifs is 2. The number of carbonyl (C=O) groups excluding carboxylic acids is 1. The Morgan fingerprint density at radius 2 is 2.07 bits per heavy atom. The molecule has 0 fully saturated rings. The van der Waals surface area contributed by atoms with Gasteiger partial charge in [0.2, 0.25) is 12.7 Å². The molecular weight excluding hydrogens is 386 g/mol. The number of pyridine rings is 1. The Morgan fingerprint density at radius 1 is 1.36 bits per heavy atom. The van der Waals surface area contributed by atoms with Crippen molar-refractivity contribution in [3.8, 4) is 17.6 Å². The van der Waals surface area contributed by atoms with Crippen LogP contribution in [0.1, 0.15) is 18.4 Å². The first-order valence-corrected chi connectivity index (χ1v) is 8.58. The monoisotopic (exact) mass is 399 g/mol. The van der Waals surface area contributed by atoms with Gasteiger partial charge in [-0.15, -0.1) is 0 Å². The Balaban J connectivity index is 1.96. The van der Waals surface area contributed by atoms with Gasteiger partial charge >= 0.3 is 5.97 Å². The minimum Gasteiger partial charge on any atom is -0.466 e. The minimum atomic E-state index is -0.874. The van der Waals surface area contributed by atoms with E-state index in [0.29, 0.717) is 28.0 Å². The Kier molecular flexibility index (Phi) is 4.24. The molecule has 0 bridgehead atoms. The van der Waals surface area contributed by atoms with Crippen LogP contribution in [-0.2, 0) is 14.3 Å². The molecule has 1 aromatic carbocycles. The molecule has 2 aliphatic heterocycles.